The van der Waals surface area contributed by atoms with Crippen molar-refractivity contribution in [3.63, 3.8) is 0 Å². The molecule has 46 heavy (non-hydrogen) atoms. The molecule has 0 aliphatic carbocycles. The lowest BCUT2D eigenvalue weighted by atomic mass is 9.45. The maximum absolute atomic E-state index is 2.67. The highest BCUT2D eigenvalue weighted by atomic mass is 15.0. The first-order chi connectivity index (χ1) is 22.9. The fraction of sp³-hybridized carbons (Fsp3) is 0. The molecular weight excluding hydrogens is 557 g/mol. The van der Waals surface area contributed by atoms with Gasteiger partial charge in [-0.3, -0.25) is 0 Å². The fourth-order valence-electron chi connectivity index (χ4n) is 9.18. The molecule has 210 valence electrons. The van der Waals surface area contributed by atoms with Gasteiger partial charge in [0.05, 0.1) is 22.1 Å². The molecule has 0 saturated heterocycles. The smallest absolute Gasteiger partial charge is 0.333 e. The highest BCUT2D eigenvalue weighted by Gasteiger charge is 2.41. The Balaban J connectivity index is 1.33. The molecule has 0 radical (unpaired) electrons. The number of benzene rings is 7. The van der Waals surface area contributed by atoms with E-state index < -0.39 is 0 Å². The van der Waals surface area contributed by atoms with Gasteiger partial charge in [0, 0.05) is 60.3 Å². The highest BCUT2D eigenvalue weighted by Crippen LogP contribution is 2.46. The van der Waals surface area contributed by atoms with Crippen LogP contribution in [0.25, 0.3) is 87.9 Å². The van der Waals surface area contributed by atoms with Gasteiger partial charge in [0.1, 0.15) is 0 Å². The minimum Gasteiger partial charge on any atom is -0.375 e. The maximum Gasteiger partial charge on any atom is 0.333 e. The predicted molar refractivity (Wildman–Crippen MR) is 194 cm³/mol. The number of para-hydroxylation sites is 5. The zero-order valence-electron chi connectivity index (χ0n) is 24.8. The van der Waals surface area contributed by atoms with Crippen LogP contribution in [0.5, 0.6) is 0 Å². The van der Waals surface area contributed by atoms with Gasteiger partial charge < -0.3 is 13.6 Å². The Bertz CT molecular complexity index is 2980. The van der Waals surface area contributed by atoms with Crippen molar-refractivity contribution in [3.8, 4) is 22.5 Å². The van der Waals surface area contributed by atoms with Gasteiger partial charge in [-0.1, -0.05) is 109 Å². The number of fused-ring (bicyclic) bond motifs is 14. The topological polar surface area (TPSA) is 14.8 Å². The second kappa shape index (κ2) is 7.98. The van der Waals surface area contributed by atoms with Crippen LogP contribution >= 0.6 is 0 Å². The lowest BCUT2D eigenvalue weighted by Gasteiger charge is -2.33. The molecule has 0 spiro atoms. The summed E-state index contributed by atoms with van der Waals surface area (Å²) in [7, 11) is 0. The molecule has 5 heterocycles. The number of hydrogen-bond acceptors (Lipinski definition) is 0. The van der Waals surface area contributed by atoms with Crippen LogP contribution in [-0.4, -0.2) is 20.5 Å². The molecule has 3 nitrogen and oxygen atoms in total. The second-order valence-electron chi connectivity index (χ2n) is 12.9. The molecule has 4 heteroatoms. The van der Waals surface area contributed by atoms with E-state index in [1.165, 1.54) is 98.8 Å². The third-order valence-corrected chi connectivity index (χ3v) is 10.8. The molecule has 0 fully saturated rings. The number of aromatic nitrogens is 3. The summed E-state index contributed by atoms with van der Waals surface area (Å²) in [6.07, 6.45) is 0. The lowest BCUT2D eigenvalue weighted by Crippen LogP contribution is -2.55. The summed E-state index contributed by atoms with van der Waals surface area (Å²) in [5, 5.41) is 7.84. The first-order valence-electron chi connectivity index (χ1n) is 16.1. The van der Waals surface area contributed by atoms with Gasteiger partial charge in [-0.25, -0.2) is 0 Å². The Kier molecular flexibility index (Phi) is 4.06. The fourth-order valence-corrected chi connectivity index (χ4v) is 9.18. The van der Waals surface area contributed by atoms with E-state index in [1.807, 2.05) is 0 Å². The normalized spacial score (nSPS) is 13.2. The third-order valence-electron chi connectivity index (χ3n) is 10.8. The summed E-state index contributed by atoms with van der Waals surface area (Å²) in [5.74, 6) is 0. The summed E-state index contributed by atoms with van der Waals surface area (Å²) >= 11 is 0. The van der Waals surface area contributed by atoms with Crippen LogP contribution in [0.4, 0.5) is 0 Å². The molecular formula is C42H24BN3. The van der Waals surface area contributed by atoms with E-state index in [-0.39, 0.29) is 6.85 Å². The van der Waals surface area contributed by atoms with Gasteiger partial charge in [0.25, 0.3) is 0 Å². The molecule has 0 N–H and O–H groups in total. The number of hydrogen-bond donors (Lipinski definition) is 0. The molecule has 12 rings (SSSR count). The van der Waals surface area contributed by atoms with E-state index in [1.54, 1.807) is 0 Å². The monoisotopic (exact) mass is 581 g/mol. The van der Waals surface area contributed by atoms with E-state index in [0.29, 0.717) is 0 Å². The van der Waals surface area contributed by atoms with Crippen molar-refractivity contribution in [2.24, 2.45) is 0 Å². The summed E-state index contributed by atoms with van der Waals surface area (Å²) in [4.78, 5) is 0. The van der Waals surface area contributed by atoms with E-state index in [0.717, 1.165) is 0 Å². The molecule has 0 amide bonds. The van der Waals surface area contributed by atoms with Gasteiger partial charge in [-0.2, -0.15) is 0 Å². The molecule has 2 aliphatic heterocycles. The lowest BCUT2D eigenvalue weighted by molar-refractivity contribution is 1.17. The quantitative estimate of drug-likeness (QED) is 0.172. The number of nitrogens with zero attached hydrogens (tertiary/aromatic N) is 3. The van der Waals surface area contributed by atoms with Gasteiger partial charge >= 0.3 is 6.85 Å². The molecule has 3 aromatic heterocycles. The summed E-state index contributed by atoms with van der Waals surface area (Å²) in [6.45, 7) is 0.0635. The van der Waals surface area contributed by atoms with Gasteiger partial charge in [-0.05, 0) is 52.9 Å². The summed E-state index contributed by atoms with van der Waals surface area (Å²) < 4.78 is 7.69. The average molecular weight is 581 g/mol. The molecule has 10 aromatic rings. The molecule has 0 atom stereocenters. The zero-order chi connectivity index (χ0) is 29.7. The van der Waals surface area contributed by atoms with Gasteiger partial charge in [0.15, 0.2) is 0 Å². The SMILES string of the molecule is c1ccc(-n2c3ccccc3c3ccc4c(c5cccc6c5n4B4c5c-6cccc5-n5c6ccccc6c6cccc4c65)c32)cc1. The summed E-state index contributed by atoms with van der Waals surface area (Å²) in [6, 6.07) is 54.1. The number of rotatable bonds is 1. The zero-order valence-corrected chi connectivity index (χ0v) is 24.8. The maximum atomic E-state index is 2.67. The van der Waals surface area contributed by atoms with Crippen molar-refractivity contribution in [2.75, 3.05) is 0 Å². The van der Waals surface area contributed by atoms with Crippen LogP contribution in [0.1, 0.15) is 0 Å². The Morgan fingerprint density at radius 1 is 0.391 bits per heavy atom. The highest BCUT2D eigenvalue weighted by molar-refractivity contribution is 6.90. The van der Waals surface area contributed by atoms with Crippen LogP contribution in [0.15, 0.2) is 146 Å². The van der Waals surface area contributed by atoms with Crippen molar-refractivity contribution in [1.82, 2.24) is 13.6 Å². The van der Waals surface area contributed by atoms with Crippen molar-refractivity contribution < 1.29 is 0 Å². The third kappa shape index (κ3) is 2.54. The van der Waals surface area contributed by atoms with Crippen LogP contribution < -0.4 is 10.9 Å². The standard InChI is InChI=1S/C42H24BN3/c1-2-11-25(12-3-1)44-34-20-6-4-14-27(34)31-23-24-36-38(42(31)44)32-18-8-16-30-28-15-10-22-37-39(28)43(46(36)40(30)32)33-19-9-17-29-26-13-5-7-21-35(26)45(37)41(29)33/h1-24H. The molecule has 0 saturated carbocycles. The van der Waals surface area contributed by atoms with Crippen LogP contribution in [-0.2, 0) is 0 Å². The van der Waals surface area contributed by atoms with E-state index >= 15 is 0 Å². The van der Waals surface area contributed by atoms with E-state index in [2.05, 4.69) is 159 Å². The van der Waals surface area contributed by atoms with Crippen molar-refractivity contribution >= 4 is 83.2 Å². The van der Waals surface area contributed by atoms with Crippen molar-refractivity contribution in [1.29, 1.82) is 0 Å². The average Bonchev–Trinajstić information content (AvgIpc) is 3.76. The minimum absolute atomic E-state index is 0.0635. The van der Waals surface area contributed by atoms with Crippen molar-refractivity contribution in [2.45, 2.75) is 0 Å². The minimum atomic E-state index is 0.0635. The predicted octanol–water partition coefficient (Wildman–Crippen LogP) is 8.94. The largest absolute Gasteiger partial charge is 0.375 e. The van der Waals surface area contributed by atoms with Crippen molar-refractivity contribution in [3.05, 3.63) is 146 Å². The summed E-state index contributed by atoms with van der Waals surface area (Å²) in [5.41, 5.74) is 15.6. The Labute approximate surface area is 264 Å². The van der Waals surface area contributed by atoms with Crippen LogP contribution in [0.2, 0.25) is 0 Å². The van der Waals surface area contributed by atoms with Crippen LogP contribution in [0.3, 0.4) is 0 Å². The molecule has 0 bridgehead atoms. The molecule has 2 aliphatic rings. The van der Waals surface area contributed by atoms with Crippen LogP contribution in [0, 0.1) is 0 Å². The Hall–Kier alpha value is -6.00. The first-order valence-corrected chi connectivity index (χ1v) is 16.1. The van der Waals surface area contributed by atoms with E-state index in [4.69, 9.17) is 0 Å². The van der Waals surface area contributed by atoms with E-state index in [9.17, 15) is 0 Å². The Morgan fingerprint density at radius 2 is 1.04 bits per heavy atom. The molecule has 7 aromatic carbocycles. The van der Waals surface area contributed by atoms with Gasteiger partial charge in [0.2, 0.25) is 0 Å². The first kappa shape index (κ1) is 23.4. The second-order valence-corrected chi connectivity index (χ2v) is 12.9. The Morgan fingerprint density at radius 3 is 1.89 bits per heavy atom. The van der Waals surface area contributed by atoms with Gasteiger partial charge in [-0.15, -0.1) is 0 Å². The molecule has 0 unspecified atom stereocenters.